The second-order valence-corrected chi connectivity index (χ2v) is 7.99. The molecule has 1 atom stereocenters. The summed E-state index contributed by atoms with van der Waals surface area (Å²) in [4.78, 5) is 38.9. The van der Waals surface area contributed by atoms with Crippen LogP contribution in [0.2, 0.25) is 0 Å². The fraction of sp³-hybridized carbons (Fsp3) is 0.409. The summed E-state index contributed by atoms with van der Waals surface area (Å²) in [6.07, 6.45) is -0.704. The van der Waals surface area contributed by atoms with Crippen molar-refractivity contribution in [3.05, 3.63) is 35.7 Å². The number of nitrogens with zero attached hydrogens (tertiary/aromatic N) is 4. The monoisotopic (exact) mass is 476 g/mol. The number of benzene rings is 1. The number of carbonyl (C=O) groups is 2. The number of alkyl halides is 3. The molecule has 2 aromatic rings. The highest BCUT2D eigenvalue weighted by atomic mass is 19.4. The van der Waals surface area contributed by atoms with Gasteiger partial charge < -0.3 is 20.3 Å². The summed E-state index contributed by atoms with van der Waals surface area (Å²) >= 11 is 0. The number of hydrogen-bond acceptors (Lipinski definition) is 7. The first kappa shape index (κ1) is 23.5. The summed E-state index contributed by atoms with van der Waals surface area (Å²) in [5.41, 5.74) is -0.476. The maximum Gasteiger partial charge on any atom is 0.416 e. The molecule has 2 amide bonds. The van der Waals surface area contributed by atoms with Crippen molar-refractivity contribution in [1.29, 1.82) is 0 Å². The Morgan fingerprint density at radius 1 is 1.12 bits per heavy atom. The van der Waals surface area contributed by atoms with E-state index in [9.17, 15) is 22.8 Å². The number of anilines is 2. The molecule has 2 aliphatic rings. The smallest absolute Gasteiger partial charge is 0.416 e. The molecule has 9 nitrogen and oxygen atoms in total. The topological polar surface area (TPSA) is 109 Å². The fourth-order valence-corrected chi connectivity index (χ4v) is 3.69. The molecule has 12 heteroatoms. The molecule has 1 aromatic heterocycles. The average Bonchev–Trinajstić information content (AvgIpc) is 3.11. The summed E-state index contributed by atoms with van der Waals surface area (Å²) in [5, 5.41) is 5.75. The van der Waals surface area contributed by atoms with E-state index in [2.05, 4.69) is 25.6 Å². The number of hydrogen-bond donors (Lipinski definition) is 2. The van der Waals surface area contributed by atoms with Crippen molar-refractivity contribution in [2.24, 2.45) is 4.99 Å². The lowest BCUT2D eigenvalue weighted by atomic mass is 10.0. The van der Waals surface area contributed by atoms with Gasteiger partial charge in [0.1, 0.15) is 29.6 Å². The molecule has 0 saturated heterocycles. The molecular weight excluding hydrogens is 453 g/mol. The van der Waals surface area contributed by atoms with Gasteiger partial charge >= 0.3 is 6.18 Å². The molecule has 0 aliphatic carbocycles. The first-order chi connectivity index (χ1) is 16.2. The van der Waals surface area contributed by atoms with Crippen LogP contribution in [-0.4, -0.2) is 59.6 Å². The van der Waals surface area contributed by atoms with Crippen LogP contribution in [0, 0.1) is 0 Å². The fourth-order valence-electron chi connectivity index (χ4n) is 3.69. The number of ether oxygens (including phenoxy) is 1. The molecule has 180 valence electrons. The van der Waals surface area contributed by atoms with Gasteiger partial charge in [-0.05, 0) is 25.0 Å². The Hall–Kier alpha value is -3.70. The third-order valence-corrected chi connectivity index (χ3v) is 5.53. The molecule has 0 radical (unpaired) electrons. The van der Waals surface area contributed by atoms with Gasteiger partial charge in [-0.15, -0.1) is 0 Å². The van der Waals surface area contributed by atoms with Crippen molar-refractivity contribution < 1.29 is 27.5 Å². The summed E-state index contributed by atoms with van der Waals surface area (Å²) in [7, 11) is 1.69. The van der Waals surface area contributed by atoms with Crippen molar-refractivity contribution in [2.45, 2.75) is 31.4 Å². The van der Waals surface area contributed by atoms with Crippen LogP contribution < -0.4 is 15.4 Å². The molecular formula is C22H23F3N6O3. The van der Waals surface area contributed by atoms with Crippen molar-refractivity contribution in [3.8, 4) is 5.75 Å². The van der Waals surface area contributed by atoms with Crippen LogP contribution >= 0.6 is 0 Å². The van der Waals surface area contributed by atoms with E-state index in [1.807, 2.05) is 0 Å². The van der Waals surface area contributed by atoms with Crippen LogP contribution in [0.15, 0.2) is 29.5 Å². The Morgan fingerprint density at radius 3 is 2.71 bits per heavy atom. The average molecular weight is 476 g/mol. The Balaban J connectivity index is 1.71. The Morgan fingerprint density at radius 2 is 1.91 bits per heavy atom. The predicted molar refractivity (Wildman–Crippen MR) is 118 cm³/mol. The minimum atomic E-state index is -4.60. The molecule has 1 unspecified atom stereocenters. The van der Waals surface area contributed by atoms with E-state index in [4.69, 9.17) is 4.74 Å². The van der Waals surface area contributed by atoms with Crippen LogP contribution in [0.25, 0.3) is 0 Å². The lowest BCUT2D eigenvalue weighted by Gasteiger charge is -2.19. The Bertz CT molecular complexity index is 1120. The predicted octanol–water partition coefficient (Wildman–Crippen LogP) is 3.37. The van der Waals surface area contributed by atoms with Crippen molar-refractivity contribution in [3.63, 3.8) is 0 Å². The number of likely N-dealkylation sites (N-methyl/N-ethyl adjacent to an activating group) is 1. The molecule has 3 heterocycles. The minimum absolute atomic E-state index is 0.00430. The summed E-state index contributed by atoms with van der Waals surface area (Å²) in [5.74, 6) is -0.698. The van der Waals surface area contributed by atoms with E-state index in [1.54, 1.807) is 11.9 Å². The van der Waals surface area contributed by atoms with E-state index in [-0.39, 0.29) is 24.0 Å². The highest BCUT2D eigenvalue weighted by Crippen LogP contribution is 2.37. The number of amides is 2. The number of halogens is 3. The van der Waals surface area contributed by atoms with Crippen LogP contribution in [0.5, 0.6) is 5.75 Å². The van der Waals surface area contributed by atoms with Crippen molar-refractivity contribution in [2.75, 3.05) is 37.4 Å². The lowest BCUT2D eigenvalue weighted by molar-refractivity contribution is -0.137. The SMILES string of the molecule is CN1CCNc2ncnc3c2C(C=Nc2cc(cc(C(F)(F)F)c2)OCCCCC1=O)C(=O)N3. The Labute approximate surface area is 193 Å². The lowest BCUT2D eigenvalue weighted by Crippen LogP contribution is -2.31. The van der Waals surface area contributed by atoms with Gasteiger partial charge in [0, 0.05) is 38.8 Å². The zero-order valence-corrected chi connectivity index (χ0v) is 18.4. The highest BCUT2D eigenvalue weighted by molar-refractivity contribution is 6.13. The normalized spacial score (nSPS) is 19.4. The summed E-state index contributed by atoms with van der Waals surface area (Å²) < 4.78 is 45.8. The number of carbonyl (C=O) groups excluding carboxylic acids is 2. The maximum atomic E-state index is 13.4. The van der Waals surface area contributed by atoms with Gasteiger partial charge in [-0.3, -0.25) is 14.6 Å². The number of rotatable bonds is 0. The van der Waals surface area contributed by atoms with Crippen LogP contribution in [0.4, 0.5) is 30.5 Å². The van der Waals surface area contributed by atoms with Crippen molar-refractivity contribution in [1.82, 2.24) is 14.9 Å². The quantitative estimate of drug-likeness (QED) is 0.604. The van der Waals surface area contributed by atoms with Gasteiger partial charge in [0.05, 0.1) is 23.4 Å². The van der Waals surface area contributed by atoms with Gasteiger partial charge in [-0.1, -0.05) is 0 Å². The standard InChI is InChI=1S/C22H23F3N6O3/c1-31-6-5-26-19-18-16(21(33)30-20(18)29-12-28-19)11-27-14-8-13(22(23,24)25)9-15(10-14)34-7-3-2-4-17(31)32/h8-12,16H,2-7H2,1H3,(H2,26,28,29,30,33). The molecule has 0 spiro atoms. The third kappa shape index (κ3) is 5.26. The maximum absolute atomic E-state index is 13.4. The van der Waals surface area contributed by atoms with Gasteiger partial charge in [0.15, 0.2) is 0 Å². The molecule has 34 heavy (non-hydrogen) atoms. The van der Waals surface area contributed by atoms with E-state index in [0.717, 1.165) is 12.1 Å². The van der Waals surface area contributed by atoms with Crippen molar-refractivity contribution >= 4 is 35.4 Å². The molecule has 4 rings (SSSR count). The van der Waals surface area contributed by atoms with E-state index >= 15 is 0 Å². The zero-order chi connectivity index (χ0) is 24.3. The number of fused-ring (bicyclic) bond motifs is 2. The molecule has 2 aliphatic heterocycles. The molecule has 1 aromatic carbocycles. The molecule has 0 saturated carbocycles. The van der Waals surface area contributed by atoms with Crippen LogP contribution in [-0.2, 0) is 15.8 Å². The number of aromatic nitrogens is 2. The van der Waals surface area contributed by atoms with Gasteiger partial charge in [0.2, 0.25) is 11.8 Å². The summed E-state index contributed by atoms with van der Waals surface area (Å²) in [6.45, 7) is 0.949. The largest absolute Gasteiger partial charge is 0.494 e. The minimum Gasteiger partial charge on any atom is -0.494 e. The highest BCUT2D eigenvalue weighted by Gasteiger charge is 2.34. The van der Waals surface area contributed by atoms with Gasteiger partial charge in [0.25, 0.3) is 0 Å². The van der Waals surface area contributed by atoms with Gasteiger partial charge in [-0.25, -0.2) is 9.97 Å². The second kappa shape index (κ2) is 9.65. The van der Waals surface area contributed by atoms with E-state index in [1.165, 1.54) is 18.6 Å². The first-order valence-corrected chi connectivity index (χ1v) is 10.8. The number of aliphatic imine (C=N–C) groups is 1. The van der Waals surface area contributed by atoms with E-state index < -0.39 is 23.6 Å². The second-order valence-electron chi connectivity index (χ2n) is 7.99. The molecule has 2 N–H and O–H groups in total. The molecule has 0 fully saturated rings. The zero-order valence-electron chi connectivity index (χ0n) is 18.4. The van der Waals surface area contributed by atoms with Crippen LogP contribution in [0.1, 0.15) is 36.3 Å². The van der Waals surface area contributed by atoms with E-state index in [0.29, 0.717) is 49.6 Å². The summed E-state index contributed by atoms with van der Waals surface area (Å²) in [6, 6.07) is 3.18. The Kier molecular flexibility index (Phi) is 6.66. The van der Waals surface area contributed by atoms with Crippen LogP contribution in [0.3, 0.4) is 0 Å². The first-order valence-electron chi connectivity index (χ1n) is 10.8. The number of nitrogens with one attached hydrogen (secondary N) is 2. The molecule has 2 bridgehead atoms. The van der Waals surface area contributed by atoms with Gasteiger partial charge in [-0.2, -0.15) is 13.2 Å². The third-order valence-electron chi connectivity index (χ3n) is 5.53.